The van der Waals surface area contributed by atoms with Gasteiger partial charge in [0, 0.05) is 11.8 Å². The molecule has 1 aromatic heterocycles. The Morgan fingerprint density at radius 3 is 2.52 bits per heavy atom. The van der Waals surface area contributed by atoms with E-state index < -0.39 is 17.1 Å². The summed E-state index contributed by atoms with van der Waals surface area (Å²) in [5.74, 6) is -0.731. The molecule has 0 unspecified atom stereocenters. The number of Topliss-reactive ketones (excluding diaryl/α,β-unsaturated/α-hetero) is 1. The fourth-order valence-corrected chi connectivity index (χ4v) is 2.29. The summed E-state index contributed by atoms with van der Waals surface area (Å²) in [6, 6.07) is 6.05. The van der Waals surface area contributed by atoms with Gasteiger partial charge in [0.05, 0.1) is 16.6 Å². The molecule has 1 aromatic carbocycles. The Bertz CT molecular complexity index is 880. The lowest BCUT2D eigenvalue weighted by Gasteiger charge is -2.11. The molecule has 25 heavy (non-hydrogen) atoms. The van der Waals surface area contributed by atoms with E-state index in [0.29, 0.717) is 21.5 Å². The quantitative estimate of drug-likeness (QED) is 0.523. The minimum Gasteiger partial charge on any atom is -0.443 e. The fourth-order valence-electron chi connectivity index (χ4n) is 1.99. The third-order valence-electron chi connectivity index (χ3n) is 3.11. The van der Waals surface area contributed by atoms with Crippen molar-refractivity contribution in [2.75, 3.05) is 17.3 Å². The number of nitrogens with one attached hydrogen (secondary N) is 3. The number of anilines is 2. The van der Waals surface area contributed by atoms with Crippen LogP contribution in [0.15, 0.2) is 33.5 Å². The highest BCUT2D eigenvalue weighted by Gasteiger charge is 2.16. The third-order valence-corrected chi connectivity index (χ3v) is 3.85. The molecule has 1 heterocycles. The lowest BCUT2D eigenvalue weighted by atomic mass is 10.2. The number of benzene rings is 1. The summed E-state index contributed by atoms with van der Waals surface area (Å²) in [5.41, 5.74) is 4.77. The van der Waals surface area contributed by atoms with Crippen molar-refractivity contribution < 1.29 is 14.0 Å². The molecule has 2 aromatic rings. The number of carbonyl (C=O) groups excluding carboxylic acids is 2. The van der Waals surface area contributed by atoms with E-state index in [4.69, 9.17) is 27.6 Å². The molecular formula is C16H15Cl2N3O4. The van der Waals surface area contributed by atoms with Crippen molar-refractivity contribution in [1.29, 1.82) is 0 Å². The van der Waals surface area contributed by atoms with Gasteiger partial charge in [0.25, 0.3) is 5.91 Å². The zero-order valence-electron chi connectivity index (χ0n) is 13.4. The zero-order chi connectivity index (χ0) is 18.6. The largest absolute Gasteiger partial charge is 0.443 e. The standard InChI is InChI=1S/C16H15Cl2N3O4/c1-8-5-13(23)15(9(2)22)16(25-8)21-20-14(24)7-19-10-3-4-11(17)12(18)6-10/h3-6,19,21H,7H2,1-2H3,(H,20,24). The second-order valence-electron chi connectivity index (χ2n) is 5.14. The van der Waals surface area contributed by atoms with E-state index in [-0.39, 0.29) is 18.0 Å². The molecule has 0 aliphatic carbocycles. The van der Waals surface area contributed by atoms with Gasteiger partial charge in [0.15, 0.2) is 11.2 Å². The van der Waals surface area contributed by atoms with Crippen molar-refractivity contribution in [2.24, 2.45) is 0 Å². The highest BCUT2D eigenvalue weighted by atomic mass is 35.5. The van der Waals surface area contributed by atoms with Crippen LogP contribution in [0.3, 0.4) is 0 Å². The second kappa shape index (κ2) is 8.04. The Kier molecular flexibility index (Phi) is 6.06. The van der Waals surface area contributed by atoms with E-state index in [1.54, 1.807) is 25.1 Å². The first-order valence-electron chi connectivity index (χ1n) is 7.17. The molecule has 7 nitrogen and oxygen atoms in total. The summed E-state index contributed by atoms with van der Waals surface area (Å²) in [7, 11) is 0. The molecule has 2 rings (SSSR count). The Morgan fingerprint density at radius 1 is 1.16 bits per heavy atom. The number of carbonyl (C=O) groups is 2. The summed E-state index contributed by atoms with van der Waals surface area (Å²) in [6.07, 6.45) is 0. The van der Waals surface area contributed by atoms with Gasteiger partial charge in [-0.1, -0.05) is 23.2 Å². The van der Waals surface area contributed by atoms with E-state index in [9.17, 15) is 14.4 Å². The SMILES string of the molecule is CC(=O)c1c(NNC(=O)CNc2ccc(Cl)c(Cl)c2)oc(C)cc1=O. The topological polar surface area (TPSA) is 100 Å². The van der Waals surface area contributed by atoms with Crippen LogP contribution in [0.4, 0.5) is 11.6 Å². The summed E-state index contributed by atoms with van der Waals surface area (Å²) in [6.45, 7) is 2.71. The molecular weight excluding hydrogens is 369 g/mol. The maximum atomic E-state index is 11.9. The molecule has 0 aliphatic heterocycles. The molecule has 1 amide bonds. The summed E-state index contributed by atoms with van der Waals surface area (Å²) in [5, 5.41) is 3.62. The summed E-state index contributed by atoms with van der Waals surface area (Å²) < 4.78 is 5.29. The van der Waals surface area contributed by atoms with Gasteiger partial charge in [-0.05, 0) is 32.0 Å². The van der Waals surface area contributed by atoms with E-state index in [0.717, 1.165) is 0 Å². The molecule has 0 radical (unpaired) electrons. The minimum atomic E-state index is -0.484. The first-order valence-corrected chi connectivity index (χ1v) is 7.93. The van der Waals surface area contributed by atoms with E-state index in [2.05, 4.69) is 16.2 Å². The van der Waals surface area contributed by atoms with Crippen LogP contribution in [0.25, 0.3) is 0 Å². The predicted molar refractivity (Wildman–Crippen MR) is 96.4 cm³/mol. The molecule has 0 saturated heterocycles. The lowest BCUT2D eigenvalue weighted by molar-refractivity contribution is -0.118. The smallest absolute Gasteiger partial charge is 0.257 e. The van der Waals surface area contributed by atoms with Gasteiger partial charge >= 0.3 is 0 Å². The minimum absolute atomic E-state index is 0.0869. The lowest BCUT2D eigenvalue weighted by Crippen LogP contribution is -2.35. The van der Waals surface area contributed by atoms with Crippen molar-refractivity contribution in [1.82, 2.24) is 5.43 Å². The summed E-state index contributed by atoms with van der Waals surface area (Å²) in [4.78, 5) is 35.3. The first-order chi connectivity index (χ1) is 11.8. The van der Waals surface area contributed by atoms with E-state index in [1.807, 2.05) is 0 Å². The van der Waals surface area contributed by atoms with Crippen molar-refractivity contribution in [2.45, 2.75) is 13.8 Å². The molecule has 132 valence electrons. The molecule has 3 N–H and O–H groups in total. The molecule has 0 saturated carbocycles. The van der Waals surface area contributed by atoms with E-state index >= 15 is 0 Å². The van der Waals surface area contributed by atoms with Crippen LogP contribution in [0, 0.1) is 6.92 Å². The molecule has 0 aliphatic rings. The average Bonchev–Trinajstić information content (AvgIpc) is 2.53. The van der Waals surface area contributed by atoms with Crippen molar-refractivity contribution in [3.63, 3.8) is 0 Å². The van der Waals surface area contributed by atoms with Crippen LogP contribution in [0.1, 0.15) is 23.0 Å². The number of amides is 1. The Morgan fingerprint density at radius 2 is 1.88 bits per heavy atom. The van der Waals surface area contributed by atoms with Crippen LogP contribution in [0.2, 0.25) is 10.0 Å². The van der Waals surface area contributed by atoms with Crippen molar-refractivity contribution in [3.8, 4) is 0 Å². The number of halogens is 2. The number of hydrazine groups is 1. The summed E-state index contributed by atoms with van der Waals surface area (Å²) >= 11 is 11.7. The highest BCUT2D eigenvalue weighted by Crippen LogP contribution is 2.24. The van der Waals surface area contributed by atoms with Gasteiger partial charge < -0.3 is 9.73 Å². The fraction of sp³-hybridized carbons (Fsp3) is 0.188. The number of hydrogen-bond acceptors (Lipinski definition) is 6. The monoisotopic (exact) mass is 383 g/mol. The van der Waals surface area contributed by atoms with Gasteiger partial charge in [-0.15, -0.1) is 0 Å². The maximum Gasteiger partial charge on any atom is 0.257 e. The predicted octanol–water partition coefficient (Wildman–Crippen LogP) is 3.01. The Hall–Kier alpha value is -2.51. The average molecular weight is 384 g/mol. The van der Waals surface area contributed by atoms with Gasteiger partial charge in [-0.25, -0.2) is 0 Å². The maximum absolute atomic E-state index is 11.9. The highest BCUT2D eigenvalue weighted by molar-refractivity contribution is 6.42. The molecule has 0 bridgehead atoms. The normalized spacial score (nSPS) is 10.2. The number of aryl methyl sites for hydroxylation is 1. The van der Waals surface area contributed by atoms with Gasteiger partial charge in [0.2, 0.25) is 5.88 Å². The van der Waals surface area contributed by atoms with Gasteiger partial charge in [-0.2, -0.15) is 0 Å². The van der Waals surface area contributed by atoms with Crippen LogP contribution >= 0.6 is 23.2 Å². The number of hydrogen-bond donors (Lipinski definition) is 3. The van der Waals surface area contributed by atoms with Crippen LogP contribution in [0.5, 0.6) is 0 Å². The Labute approximate surface area is 153 Å². The van der Waals surface area contributed by atoms with Crippen LogP contribution in [-0.4, -0.2) is 18.2 Å². The van der Waals surface area contributed by atoms with E-state index in [1.165, 1.54) is 13.0 Å². The zero-order valence-corrected chi connectivity index (χ0v) is 14.9. The van der Waals surface area contributed by atoms with Crippen LogP contribution in [-0.2, 0) is 4.79 Å². The molecule has 0 atom stereocenters. The molecule has 9 heteroatoms. The number of ketones is 1. The van der Waals surface area contributed by atoms with Crippen LogP contribution < -0.4 is 21.6 Å². The van der Waals surface area contributed by atoms with Gasteiger partial charge in [-0.3, -0.25) is 25.2 Å². The molecule has 0 spiro atoms. The second-order valence-corrected chi connectivity index (χ2v) is 5.95. The Balaban J connectivity index is 1.99. The van der Waals surface area contributed by atoms with Crippen molar-refractivity contribution in [3.05, 3.63) is 55.9 Å². The van der Waals surface area contributed by atoms with Gasteiger partial charge in [0.1, 0.15) is 11.3 Å². The molecule has 0 fully saturated rings. The van der Waals surface area contributed by atoms with Crippen molar-refractivity contribution >= 4 is 46.5 Å². The third kappa shape index (κ3) is 4.98. The first kappa shape index (κ1) is 18.8. The number of rotatable bonds is 6.